The van der Waals surface area contributed by atoms with Gasteiger partial charge in [0.15, 0.2) is 5.82 Å². The molecule has 2 N–H and O–H groups in total. The summed E-state index contributed by atoms with van der Waals surface area (Å²) in [6.45, 7) is 10.1. The van der Waals surface area contributed by atoms with Crippen LogP contribution in [-0.2, 0) is 17.8 Å². The fraction of sp³-hybridized carbons (Fsp3) is 0.457. The van der Waals surface area contributed by atoms with Gasteiger partial charge in [0.2, 0.25) is 5.95 Å². The van der Waals surface area contributed by atoms with Crippen molar-refractivity contribution in [3.05, 3.63) is 71.4 Å². The lowest BCUT2D eigenvalue weighted by molar-refractivity contribution is -0.139. The van der Waals surface area contributed by atoms with Crippen molar-refractivity contribution in [1.82, 2.24) is 19.8 Å². The highest BCUT2D eigenvalue weighted by molar-refractivity contribution is 5.97. The van der Waals surface area contributed by atoms with E-state index in [0.717, 1.165) is 30.4 Å². The summed E-state index contributed by atoms with van der Waals surface area (Å²) < 4.78 is 5.54. The molecule has 0 bridgehead atoms. The molecular formula is C35H43N7O5. The van der Waals surface area contributed by atoms with Crippen LogP contribution in [0.15, 0.2) is 54.7 Å². The summed E-state index contributed by atoms with van der Waals surface area (Å²) in [6.07, 6.45) is 4.29. The van der Waals surface area contributed by atoms with Crippen molar-refractivity contribution >= 4 is 35.5 Å². The van der Waals surface area contributed by atoms with Gasteiger partial charge < -0.3 is 29.9 Å². The number of hydrogen-bond donors (Lipinski definition) is 2. The fourth-order valence-electron chi connectivity index (χ4n) is 6.69. The van der Waals surface area contributed by atoms with Crippen LogP contribution in [0, 0.1) is 0 Å². The molecule has 3 aromatic rings. The number of benzene rings is 2. The van der Waals surface area contributed by atoms with Crippen LogP contribution < -0.4 is 19.9 Å². The number of likely N-dealkylation sites (tertiary alicyclic amines) is 1. The van der Waals surface area contributed by atoms with Gasteiger partial charge in [-0.15, -0.1) is 0 Å². The number of urea groups is 1. The summed E-state index contributed by atoms with van der Waals surface area (Å²) in [6, 6.07) is 15.0. The zero-order chi connectivity index (χ0) is 33.1. The number of carboxylic acids is 1. The van der Waals surface area contributed by atoms with E-state index in [2.05, 4.69) is 16.4 Å². The minimum atomic E-state index is -1.34. The Labute approximate surface area is 275 Å². The van der Waals surface area contributed by atoms with Gasteiger partial charge >= 0.3 is 18.1 Å². The highest BCUT2D eigenvalue weighted by Crippen LogP contribution is 2.54. The quantitative estimate of drug-likeness (QED) is 0.301. The fourth-order valence-corrected chi connectivity index (χ4v) is 6.69. The molecule has 2 aromatic carbocycles. The van der Waals surface area contributed by atoms with Crippen molar-refractivity contribution in [2.75, 3.05) is 54.4 Å². The standard InChI is InChI=1S/C35H43N7O5/c1-4-39(5-2)32-36-22-29(42(6-3)33(45)41-20-17-24-11-7-8-12-26(24)23-41)30(37-32)38-35(31(43)44)21-28(35)25-13-15-27(16-14-25)47-34(46)40-18-9-10-19-40/h7-8,11-16,22,28H,4-6,9-10,17-21,23H2,1-3H3,(H,43,44)(H,36,37,38). The molecule has 6 rings (SSSR count). The van der Waals surface area contributed by atoms with Crippen LogP contribution in [0.4, 0.5) is 27.0 Å². The van der Waals surface area contributed by atoms with E-state index < -0.39 is 11.5 Å². The predicted molar refractivity (Wildman–Crippen MR) is 179 cm³/mol. The van der Waals surface area contributed by atoms with E-state index in [1.54, 1.807) is 28.1 Å². The molecule has 248 valence electrons. The lowest BCUT2D eigenvalue weighted by atomic mass is 10.0. The maximum atomic E-state index is 14.0. The van der Waals surface area contributed by atoms with Crippen LogP contribution in [0.3, 0.4) is 0 Å². The van der Waals surface area contributed by atoms with Crippen molar-refractivity contribution in [2.45, 2.75) is 64.5 Å². The molecule has 12 nitrogen and oxygen atoms in total. The molecule has 1 saturated carbocycles. The van der Waals surface area contributed by atoms with Gasteiger partial charge in [-0.3, -0.25) is 4.90 Å². The normalized spacial score (nSPS) is 19.9. The molecule has 2 fully saturated rings. The molecule has 12 heteroatoms. The summed E-state index contributed by atoms with van der Waals surface area (Å²) in [5.41, 5.74) is 2.26. The first-order chi connectivity index (χ1) is 22.8. The lowest BCUT2D eigenvalue weighted by Gasteiger charge is -2.34. The number of nitrogens with zero attached hydrogens (tertiary/aromatic N) is 6. The van der Waals surface area contributed by atoms with E-state index in [-0.39, 0.29) is 18.0 Å². The summed E-state index contributed by atoms with van der Waals surface area (Å²) >= 11 is 0. The Hall–Kier alpha value is -4.87. The molecule has 1 saturated heterocycles. The van der Waals surface area contributed by atoms with E-state index in [1.807, 2.05) is 60.9 Å². The van der Waals surface area contributed by atoms with E-state index in [4.69, 9.17) is 9.72 Å². The monoisotopic (exact) mass is 641 g/mol. The summed E-state index contributed by atoms with van der Waals surface area (Å²) in [4.78, 5) is 56.0. The van der Waals surface area contributed by atoms with Crippen LogP contribution >= 0.6 is 0 Å². The number of rotatable bonds is 10. The number of carbonyl (C=O) groups excluding carboxylic acids is 2. The Morgan fingerprint density at radius 3 is 2.32 bits per heavy atom. The topological polar surface area (TPSA) is 131 Å². The zero-order valence-electron chi connectivity index (χ0n) is 27.3. The second-order valence-electron chi connectivity index (χ2n) is 12.3. The molecular weight excluding hydrogens is 598 g/mol. The number of hydrogen-bond acceptors (Lipinski definition) is 8. The van der Waals surface area contributed by atoms with Crippen LogP contribution in [-0.4, -0.2) is 87.8 Å². The maximum Gasteiger partial charge on any atom is 0.415 e. The van der Waals surface area contributed by atoms with Gasteiger partial charge in [-0.2, -0.15) is 4.98 Å². The number of amides is 3. The first-order valence-corrected chi connectivity index (χ1v) is 16.6. The van der Waals surface area contributed by atoms with Gasteiger partial charge in [-0.25, -0.2) is 19.4 Å². The predicted octanol–water partition coefficient (Wildman–Crippen LogP) is 5.34. The Bertz CT molecular complexity index is 1620. The van der Waals surface area contributed by atoms with Gasteiger partial charge in [0.1, 0.15) is 17.0 Å². The minimum Gasteiger partial charge on any atom is -0.479 e. The molecule has 0 spiro atoms. The average Bonchev–Trinajstić information content (AvgIpc) is 3.55. The van der Waals surface area contributed by atoms with E-state index in [9.17, 15) is 19.5 Å². The highest BCUT2D eigenvalue weighted by atomic mass is 16.6. The Balaban J connectivity index is 1.26. The molecule has 2 unspecified atom stereocenters. The van der Waals surface area contributed by atoms with Crippen molar-refractivity contribution < 1.29 is 24.2 Å². The minimum absolute atomic E-state index is 0.181. The molecule has 47 heavy (non-hydrogen) atoms. The molecule has 2 atom stereocenters. The van der Waals surface area contributed by atoms with Crippen molar-refractivity contribution in [2.24, 2.45) is 0 Å². The SMILES string of the molecule is CCN(CC)c1ncc(N(CC)C(=O)N2CCc3ccccc3C2)c(NC2(C(=O)O)CC2c2ccc(OC(=O)N3CCCC3)cc2)n1. The Kier molecular flexibility index (Phi) is 9.19. The lowest BCUT2D eigenvalue weighted by Crippen LogP contribution is -2.46. The number of carboxylic acid groups (broad SMARTS) is 1. The Morgan fingerprint density at radius 2 is 1.66 bits per heavy atom. The molecule has 2 aliphatic heterocycles. The van der Waals surface area contributed by atoms with Crippen molar-refractivity contribution in [1.29, 1.82) is 0 Å². The van der Waals surface area contributed by atoms with Crippen LogP contribution in [0.25, 0.3) is 0 Å². The largest absolute Gasteiger partial charge is 0.479 e. The molecule has 1 aromatic heterocycles. The van der Waals surface area contributed by atoms with Gasteiger partial charge in [-0.05, 0) is 75.3 Å². The van der Waals surface area contributed by atoms with Crippen LogP contribution in [0.1, 0.15) is 62.6 Å². The Morgan fingerprint density at radius 1 is 0.957 bits per heavy atom. The van der Waals surface area contributed by atoms with Crippen molar-refractivity contribution in [3.63, 3.8) is 0 Å². The van der Waals surface area contributed by atoms with E-state index >= 15 is 0 Å². The summed E-state index contributed by atoms with van der Waals surface area (Å²) in [7, 11) is 0. The third-order valence-corrected chi connectivity index (χ3v) is 9.58. The first-order valence-electron chi connectivity index (χ1n) is 16.6. The van der Waals surface area contributed by atoms with E-state index in [0.29, 0.717) is 75.4 Å². The second kappa shape index (κ2) is 13.5. The second-order valence-corrected chi connectivity index (χ2v) is 12.3. The third kappa shape index (κ3) is 6.41. The molecule has 1 aliphatic carbocycles. The number of ether oxygens (including phenoxy) is 1. The zero-order valence-corrected chi connectivity index (χ0v) is 27.3. The summed E-state index contributed by atoms with van der Waals surface area (Å²) in [5.74, 6) is -0.205. The number of aliphatic carboxylic acids is 1. The first kappa shape index (κ1) is 32.1. The summed E-state index contributed by atoms with van der Waals surface area (Å²) in [5, 5.41) is 13.9. The molecule has 3 aliphatic rings. The maximum absolute atomic E-state index is 14.0. The molecule has 3 heterocycles. The van der Waals surface area contributed by atoms with Crippen LogP contribution in [0.5, 0.6) is 5.75 Å². The van der Waals surface area contributed by atoms with Crippen molar-refractivity contribution in [3.8, 4) is 5.75 Å². The molecule has 0 radical (unpaired) electrons. The highest BCUT2D eigenvalue weighted by Gasteiger charge is 2.62. The van der Waals surface area contributed by atoms with Gasteiger partial charge in [-0.1, -0.05) is 36.4 Å². The number of nitrogens with one attached hydrogen (secondary N) is 1. The smallest absolute Gasteiger partial charge is 0.415 e. The van der Waals surface area contributed by atoms with Crippen LogP contribution in [0.2, 0.25) is 0 Å². The number of anilines is 3. The average molecular weight is 642 g/mol. The third-order valence-electron chi connectivity index (χ3n) is 9.58. The van der Waals surface area contributed by atoms with Gasteiger partial charge in [0.05, 0.1) is 6.20 Å². The van der Waals surface area contributed by atoms with Gasteiger partial charge in [0.25, 0.3) is 0 Å². The van der Waals surface area contributed by atoms with Gasteiger partial charge in [0, 0.05) is 51.7 Å². The number of carbonyl (C=O) groups is 3. The number of aromatic nitrogens is 2. The molecule has 3 amide bonds. The number of fused-ring (bicyclic) bond motifs is 1. The van der Waals surface area contributed by atoms with E-state index in [1.165, 1.54) is 5.56 Å².